The molecule has 6 heteroatoms. The molecule has 0 amide bonds. The van der Waals surface area contributed by atoms with E-state index in [0.29, 0.717) is 0 Å². The summed E-state index contributed by atoms with van der Waals surface area (Å²) in [6, 6.07) is 0. The van der Waals surface area contributed by atoms with Crippen LogP contribution < -0.4 is 0 Å². The van der Waals surface area contributed by atoms with Crippen molar-refractivity contribution in [3.8, 4) is 0 Å². The van der Waals surface area contributed by atoms with Crippen LogP contribution in [0.4, 0.5) is 0 Å². The zero-order valence-electron chi connectivity index (χ0n) is 9.53. The van der Waals surface area contributed by atoms with E-state index < -0.39 is 10.4 Å². The van der Waals surface area contributed by atoms with E-state index in [0.717, 1.165) is 0 Å². The van der Waals surface area contributed by atoms with Gasteiger partial charge in [0.25, 0.3) is 0 Å². The van der Waals surface area contributed by atoms with E-state index in [2.05, 4.69) is 41.5 Å². The van der Waals surface area contributed by atoms with E-state index in [1.165, 1.54) is 0 Å². The van der Waals surface area contributed by atoms with Crippen LogP contribution >= 0.6 is 0 Å². The summed E-state index contributed by atoms with van der Waals surface area (Å²) in [6.45, 7) is 12.4. The van der Waals surface area contributed by atoms with Crippen molar-refractivity contribution in [1.82, 2.24) is 0 Å². The molecular formula is C8H20O5S. The summed E-state index contributed by atoms with van der Waals surface area (Å²) in [7, 11) is -4.67. The lowest BCUT2D eigenvalue weighted by molar-refractivity contribution is -0.102. The molecule has 0 unspecified atom stereocenters. The molecule has 0 aliphatic rings. The monoisotopic (exact) mass is 228 g/mol. The second-order valence-electron chi connectivity index (χ2n) is 4.77. The fourth-order valence-electron chi connectivity index (χ4n) is 0.919. The Kier molecular flexibility index (Phi) is 5.88. The third-order valence-corrected chi connectivity index (χ3v) is 0.612. The second kappa shape index (κ2) is 5.06. The van der Waals surface area contributed by atoms with Gasteiger partial charge >= 0.3 is 10.4 Å². The van der Waals surface area contributed by atoms with Gasteiger partial charge in [0.15, 0.2) is 0 Å². The van der Waals surface area contributed by atoms with Crippen molar-refractivity contribution in [2.45, 2.75) is 52.7 Å². The summed E-state index contributed by atoms with van der Waals surface area (Å²) in [6.07, 6.45) is 0. The molecule has 2 N–H and O–H groups in total. The van der Waals surface area contributed by atoms with Crippen molar-refractivity contribution in [1.29, 1.82) is 0 Å². The summed E-state index contributed by atoms with van der Waals surface area (Å²) in [5, 5.41) is 0. The number of ether oxygens (including phenoxy) is 1. The Morgan fingerprint density at radius 1 is 0.857 bits per heavy atom. The predicted octanol–water partition coefficient (Wildman–Crippen LogP) is 1.95. The maximum atomic E-state index is 8.74. The van der Waals surface area contributed by atoms with E-state index in [1.807, 2.05) is 0 Å². The largest absolute Gasteiger partial charge is 0.394 e. The number of rotatable bonds is 0. The second-order valence-corrected chi connectivity index (χ2v) is 5.67. The van der Waals surface area contributed by atoms with E-state index >= 15 is 0 Å². The average Bonchev–Trinajstić information content (AvgIpc) is 1.42. The van der Waals surface area contributed by atoms with Crippen LogP contribution in [0.5, 0.6) is 0 Å². The van der Waals surface area contributed by atoms with Gasteiger partial charge < -0.3 is 4.74 Å². The summed E-state index contributed by atoms with van der Waals surface area (Å²) in [5.74, 6) is 0. The molecule has 0 saturated heterocycles. The Balaban J connectivity index is 0. The minimum Gasteiger partial charge on any atom is -0.370 e. The van der Waals surface area contributed by atoms with E-state index in [-0.39, 0.29) is 11.2 Å². The molecule has 0 rings (SSSR count). The molecule has 0 aromatic heterocycles. The highest BCUT2D eigenvalue weighted by Crippen LogP contribution is 2.17. The van der Waals surface area contributed by atoms with E-state index in [9.17, 15) is 0 Å². The lowest BCUT2D eigenvalue weighted by Crippen LogP contribution is -2.31. The van der Waals surface area contributed by atoms with Gasteiger partial charge in [-0.1, -0.05) is 0 Å². The van der Waals surface area contributed by atoms with Crippen LogP contribution in [0.15, 0.2) is 0 Å². The van der Waals surface area contributed by atoms with Crippen molar-refractivity contribution in [2.24, 2.45) is 0 Å². The number of hydrogen-bond acceptors (Lipinski definition) is 3. The molecular weight excluding hydrogens is 208 g/mol. The third-order valence-electron chi connectivity index (χ3n) is 0.612. The van der Waals surface area contributed by atoms with Gasteiger partial charge in [-0.25, -0.2) is 0 Å². The molecule has 0 atom stereocenters. The van der Waals surface area contributed by atoms with Gasteiger partial charge in [0.05, 0.1) is 11.2 Å². The van der Waals surface area contributed by atoms with Crippen LogP contribution in [0.2, 0.25) is 0 Å². The van der Waals surface area contributed by atoms with Crippen LogP contribution in [0.25, 0.3) is 0 Å². The smallest absolute Gasteiger partial charge is 0.370 e. The number of hydrogen-bond donors (Lipinski definition) is 2. The van der Waals surface area contributed by atoms with Gasteiger partial charge in [0.2, 0.25) is 0 Å². The Bertz CT molecular complexity index is 222. The molecule has 0 saturated carbocycles. The predicted molar refractivity (Wildman–Crippen MR) is 54.8 cm³/mol. The highest BCUT2D eigenvalue weighted by atomic mass is 32.3. The molecule has 0 aliphatic heterocycles. The molecule has 0 aliphatic carbocycles. The first-order chi connectivity index (χ1) is 5.71. The summed E-state index contributed by atoms with van der Waals surface area (Å²) in [5.41, 5.74) is -0.0312. The van der Waals surface area contributed by atoms with Gasteiger partial charge in [-0.15, -0.1) is 0 Å². The van der Waals surface area contributed by atoms with Gasteiger partial charge in [-0.2, -0.15) is 8.42 Å². The zero-order valence-corrected chi connectivity index (χ0v) is 10.3. The fourth-order valence-corrected chi connectivity index (χ4v) is 0.919. The van der Waals surface area contributed by atoms with E-state index in [4.69, 9.17) is 22.3 Å². The summed E-state index contributed by atoms with van der Waals surface area (Å²) >= 11 is 0. The highest BCUT2D eigenvalue weighted by Gasteiger charge is 2.19. The van der Waals surface area contributed by atoms with Gasteiger partial charge in [-0.3, -0.25) is 9.11 Å². The lowest BCUT2D eigenvalue weighted by Gasteiger charge is -2.30. The van der Waals surface area contributed by atoms with Crippen LogP contribution in [-0.4, -0.2) is 28.7 Å². The first-order valence-electron chi connectivity index (χ1n) is 4.11. The zero-order chi connectivity index (χ0) is 12.2. The van der Waals surface area contributed by atoms with Crippen molar-refractivity contribution in [2.75, 3.05) is 0 Å². The molecule has 0 bridgehead atoms. The molecule has 0 aromatic rings. The SMILES string of the molecule is CC(C)(C)OC(C)(C)C.O=S(=O)(O)O. The summed E-state index contributed by atoms with van der Waals surface area (Å²) in [4.78, 5) is 0. The van der Waals surface area contributed by atoms with Crippen molar-refractivity contribution in [3.05, 3.63) is 0 Å². The summed E-state index contributed by atoms with van der Waals surface area (Å²) < 4.78 is 37.2. The Morgan fingerprint density at radius 2 is 1.00 bits per heavy atom. The van der Waals surface area contributed by atoms with Gasteiger partial charge in [-0.05, 0) is 41.5 Å². The van der Waals surface area contributed by atoms with Crippen molar-refractivity contribution >= 4 is 10.4 Å². The Hall–Kier alpha value is -0.170. The normalized spacial score (nSPS) is 13.1. The molecule has 0 spiro atoms. The van der Waals surface area contributed by atoms with Gasteiger partial charge in [0.1, 0.15) is 0 Å². The molecule has 5 nitrogen and oxygen atoms in total. The standard InChI is InChI=1S/C8H18O.H2O4S/c1-7(2,3)9-8(4,5)6;1-5(2,3)4/h1-6H3;(H2,1,2,3,4). The van der Waals surface area contributed by atoms with Crippen LogP contribution in [0.3, 0.4) is 0 Å². The van der Waals surface area contributed by atoms with Crippen LogP contribution in [-0.2, 0) is 15.1 Å². The molecule has 88 valence electrons. The first-order valence-corrected chi connectivity index (χ1v) is 5.50. The van der Waals surface area contributed by atoms with Crippen molar-refractivity contribution < 1.29 is 22.3 Å². The lowest BCUT2D eigenvalue weighted by atomic mass is 10.1. The van der Waals surface area contributed by atoms with Gasteiger partial charge in [0, 0.05) is 0 Å². The average molecular weight is 228 g/mol. The van der Waals surface area contributed by atoms with E-state index in [1.54, 1.807) is 0 Å². The Morgan fingerprint density at radius 3 is 1.00 bits per heavy atom. The molecule has 0 aromatic carbocycles. The molecule has 0 radical (unpaired) electrons. The molecule has 0 heterocycles. The topological polar surface area (TPSA) is 83.8 Å². The Labute approximate surface area is 86.0 Å². The minimum atomic E-state index is -4.67. The van der Waals surface area contributed by atoms with Crippen LogP contribution in [0.1, 0.15) is 41.5 Å². The van der Waals surface area contributed by atoms with Crippen molar-refractivity contribution in [3.63, 3.8) is 0 Å². The fraction of sp³-hybridized carbons (Fsp3) is 1.00. The van der Waals surface area contributed by atoms with Crippen LogP contribution in [0, 0.1) is 0 Å². The first kappa shape index (κ1) is 16.3. The molecule has 0 fully saturated rings. The maximum Gasteiger partial charge on any atom is 0.394 e. The minimum absolute atomic E-state index is 0.0156. The maximum absolute atomic E-state index is 8.74. The molecule has 14 heavy (non-hydrogen) atoms. The third kappa shape index (κ3) is 40.8. The highest BCUT2D eigenvalue weighted by molar-refractivity contribution is 7.79. The quantitative estimate of drug-likeness (QED) is 0.619.